The van der Waals surface area contributed by atoms with Crippen molar-refractivity contribution in [3.8, 4) is 0 Å². The molecule has 0 spiro atoms. The molecule has 0 aliphatic rings. The van der Waals surface area contributed by atoms with E-state index in [1.54, 1.807) is 46.9 Å². The molecule has 3 heterocycles. The van der Waals surface area contributed by atoms with Crippen LogP contribution in [0, 0.1) is 0 Å². The molecule has 0 fully saturated rings. The molecule has 20 heavy (non-hydrogen) atoms. The fraction of sp³-hybridized carbons (Fsp3) is 0.154. The van der Waals surface area contributed by atoms with E-state index in [2.05, 4.69) is 10.1 Å². The third-order valence-electron chi connectivity index (χ3n) is 2.76. The summed E-state index contributed by atoms with van der Waals surface area (Å²) in [6.45, 7) is 0.104. The van der Waals surface area contributed by atoms with Gasteiger partial charge in [-0.25, -0.2) is 9.78 Å². The molecule has 0 aliphatic heterocycles. The second kappa shape index (κ2) is 4.97. The summed E-state index contributed by atoms with van der Waals surface area (Å²) in [4.78, 5) is 16.1. The summed E-state index contributed by atoms with van der Waals surface area (Å²) >= 11 is 5.89. The van der Waals surface area contributed by atoms with Crippen LogP contribution in [0.15, 0.2) is 36.9 Å². The summed E-state index contributed by atoms with van der Waals surface area (Å²) in [5.74, 6) is -0.423. The summed E-state index contributed by atoms with van der Waals surface area (Å²) in [7, 11) is 1.74. The number of esters is 1. The number of nitrogens with zero attached hydrogens (tertiary/aromatic N) is 4. The lowest BCUT2D eigenvalue weighted by molar-refractivity contribution is 0.0468. The van der Waals surface area contributed by atoms with Crippen molar-refractivity contribution in [1.82, 2.24) is 19.2 Å². The quantitative estimate of drug-likeness (QED) is 0.693. The first-order chi connectivity index (χ1) is 9.61. The molecule has 3 rings (SSSR count). The van der Waals surface area contributed by atoms with Crippen molar-refractivity contribution in [1.29, 1.82) is 0 Å². The number of carbonyl (C=O) groups is 1. The molecule has 0 N–H and O–H groups in total. The topological polar surface area (TPSA) is 61.4 Å². The van der Waals surface area contributed by atoms with E-state index < -0.39 is 5.97 Å². The number of ether oxygens (including phenoxy) is 1. The first-order valence-corrected chi connectivity index (χ1v) is 6.28. The van der Waals surface area contributed by atoms with Gasteiger partial charge in [0.05, 0.1) is 22.5 Å². The number of aromatic nitrogens is 4. The SMILES string of the molecule is Cn1cc(C(=O)OCc2cn3cc(Cl)ccc3n2)cn1. The smallest absolute Gasteiger partial charge is 0.341 e. The van der Waals surface area contributed by atoms with Gasteiger partial charge in [0.2, 0.25) is 0 Å². The van der Waals surface area contributed by atoms with Crippen LogP contribution in [0.5, 0.6) is 0 Å². The Morgan fingerprint density at radius 1 is 1.35 bits per heavy atom. The maximum Gasteiger partial charge on any atom is 0.341 e. The highest BCUT2D eigenvalue weighted by molar-refractivity contribution is 6.30. The first-order valence-electron chi connectivity index (χ1n) is 5.91. The largest absolute Gasteiger partial charge is 0.455 e. The molecule has 0 aromatic carbocycles. The van der Waals surface area contributed by atoms with Crippen molar-refractivity contribution in [2.45, 2.75) is 6.61 Å². The van der Waals surface area contributed by atoms with E-state index >= 15 is 0 Å². The molecule has 3 aromatic heterocycles. The standard InChI is InChI=1S/C13H11ClN4O2/c1-17-5-9(4-15-17)13(19)20-8-11-7-18-6-10(14)2-3-12(18)16-11/h2-7H,8H2,1H3. The summed E-state index contributed by atoms with van der Waals surface area (Å²) in [5.41, 5.74) is 1.82. The van der Waals surface area contributed by atoms with Gasteiger partial charge in [0.15, 0.2) is 0 Å². The Morgan fingerprint density at radius 3 is 2.95 bits per heavy atom. The van der Waals surface area contributed by atoms with Crippen LogP contribution in [0.1, 0.15) is 16.1 Å². The van der Waals surface area contributed by atoms with Crippen LogP contribution in [-0.2, 0) is 18.4 Å². The second-order valence-corrected chi connectivity index (χ2v) is 4.76. The van der Waals surface area contributed by atoms with E-state index in [-0.39, 0.29) is 6.61 Å². The van der Waals surface area contributed by atoms with Crippen molar-refractivity contribution < 1.29 is 9.53 Å². The number of imidazole rings is 1. The normalized spacial score (nSPS) is 10.9. The average molecular weight is 291 g/mol. The van der Waals surface area contributed by atoms with Gasteiger partial charge in [-0.05, 0) is 12.1 Å². The van der Waals surface area contributed by atoms with Crippen LogP contribution in [0.2, 0.25) is 5.02 Å². The molecule has 0 atom stereocenters. The Bertz CT molecular complexity index is 778. The van der Waals surface area contributed by atoms with E-state index in [9.17, 15) is 4.79 Å². The molecule has 7 heteroatoms. The fourth-order valence-electron chi connectivity index (χ4n) is 1.84. The molecule has 0 amide bonds. The first kappa shape index (κ1) is 12.7. The second-order valence-electron chi connectivity index (χ2n) is 4.32. The van der Waals surface area contributed by atoms with Crippen LogP contribution < -0.4 is 0 Å². The molecule has 6 nitrogen and oxygen atoms in total. The van der Waals surface area contributed by atoms with Crippen molar-refractivity contribution in [3.05, 3.63) is 53.2 Å². The highest BCUT2D eigenvalue weighted by Gasteiger charge is 2.10. The van der Waals surface area contributed by atoms with Crippen LogP contribution in [-0.4, -0.2) is 25.1 Å². The Labute approximate surface area is 119 Å². The molecule has 0 unspecified atom stereocenters. The lowest BCUT2D eigenvalue weighted by Gasteiger charge is -1.99. The number of aryl methyl sites for hydroxylation is 1. The van der Waals surface area contributed by atoms with Crippen molar-refractivity contribution in [2.75, 3.05) is 0 Å². The molecule has 0 saturated heterocycles. The van der Waals surface area contributed by atoms with E-state index in [0.29, 0.717) is 16.3 Å². The predicted molar refractivity (Wildman–Crippen MR) is 72.5 cm³/mol. The lowest BCUT2D eigenvalue weighted by atomic mass is 10.4. The van der Waals surface area contributed by atoms with Gasteiger partial charge in [0.1, 0.15) is 12.3 Å². The zero-order chi connectivity index (χ0) is 14.1. The van der Waals surface area contributed by atoms with Gasteiger partial charge in [-0.3, -0.25) is 4.68 Å². The Balaban J connectivity index is 1.72. The minimum Gasteiger partial charge on any atom is -0.455 e. The van der Waals surface area contributed by atoms with Crippen molar-refractivity contribution in [3.63, 3.8) is 0 Å². The van der Waals surface area contributed by atoms with Gasteiger partial charge < -0.3 is 9.14 Å². The molecule has 0 aliphatic carbocycles. The highest BCUT2D eigenvalue weighted by atomic mass is 35.5. The zero-order valence-electron chi connectivity index (χ0n) is 10.7. The van der Waals surface area contributed by atoms with Crippen LogP contribution in [0.4, 0.5) is 0 Å². The molecule has 0 saturated carbocycles. The van der Waals surface area contributed by atoms with E-state index in [0.717, 1.165) is 5.65 Å². The minimum atomic E-state index is -0.423. The molecule has 0 bridgehead atoms. The highest BCUT2D eigenvalue weighted by Crippen LogP contribution is 2.12. The number of rotatable bonds is 3. The third-order valence-corrected chi connectivity index (χ3v) is 2.98. The summed E-state index contributed by atoms with van der Waals surface area (Å²) in [6, 6.07) is 3.56. The Morgan fingerprint density at radius 2 is 2.20 bits per heavy atom. The number of hydrogen-bond acceptors (Lipinski definition) is 4. The van der Waals surface area contributed by atoms with Crippen molar-refractivity contribution >= 4 is 23.2 Å². The summed E-state index contributed by atoms with van der Waals surface area (Å²) in [6.07, 6.45) is 6.59. The molecule has 102 valence electrons. The summed E-state index contributed by atoms with van der Waals surface area (Å²) in [5, 5.41) is 4.54. The van der Waals surface area contributed by atoms with E-state index in [1.165, 1.54) is 6.20 Å². The molecular weight excluding hydrogens is 280 g/mol. The fourth-order valence-corrected chi connectivity index (χ4v) is 2.00. The van der Waals surface area contributed by atoms with Crippen LogP contribution in [0.25, 0.3) is 5.65 Å². The monoisotopic (exact) mass is 290 g/mol. The minimum absolute atomic E-state index is 0.104. The van der Waals surface area contributed by atoms with Crippen molar-refractivity contribution in [2.24, 2.45) is 7.05 Å². The average Bonchev–Trinajstić information content (AvgIpc) is 3.01. The van der Waals surface area contributed by atoms with E-state index in [4.69, 9.17) is 16.3 Å². The van der Waals surface area contributed by atoms with Gasteiger partial charge in [0.25, 0.3) is 0 Å². The zero-order valence-corrected chi connectivity index (χ0v) is 11.4. The maximum atomic E-state index is 11.8. The molecule has 3 aromatic rings. The van der Waals surface area contributed by atoms with Gasteiger partial charge in [0, 0.05) is 25.6 Å². The predicted octanol–water partition coefficient (Wildman–Crippen LogP) is 2.08. The van der Waals surface area contributed by atoms with Gasteiger partial charge >= 0.3 is 5.97 Å². The Hall–Kier alpha value is -2.34. The van der Waals surface area contributed by atoms with Gasteiger partial charge in [-0.1, -0.05) is 11.6 Å². The van der Waals surface area contributed by atoms with Crippen LogP contribution in [0.3, 0.4) is 0 Å². The number of pyridine rings is 1. The number of fused-ring (bicyclic) bond motifs is 1. The van der Waals surface area contributed by atoms with Gasteiger partial charge in [-0.15, -0.1) is 0 Å². The number of halogens is 1. The van der Waals surface area contributed by atoms with Gasteiger partial charge in [-0.2, -0.15) is 5.10 Å². The van der Waals surface area contributed by atoms with E-state index in [1.807, 2.05) is 0 Å². The third kappa shape index (κ3) is 2.50. The number of hydrogen-bond donors (Lipinski definition) is 0. The Kier molecular flexibility index (Phi) is 3.15. The summed E-state index contributed by atoms with van der Waals surface area (Å²) < 4.78 is 8.52. The lowest BCUT2D eigenvalue weighted by Crippen LogP contribution is -2.04. The molecular formula is C13H11ClN4O2. The number of carbonyl (C=O) groups excluding carboxylic acids is 1. The maximum absolute atomic E-state index is 11.8. The van der Waals surface area contributed by atoms with Crippen LogP contribution >= 0.6 is 11.6 Å². The molecule has 0 radical (unpaired) electrons.